The van der Waals surface area contributed by atoms with Crippen LogP contribution in [-0.2, 0) is 11.2 Å². The average molecular weight is 212 g/mol. The number of hydrogen-bond acceptors (Lipinski definition) is 3. The quantitative estimate of drug-likeness (QED) is 0.691. The topological polar surface area (TPSA) is 55.1 Å². The summed E-state index contributed by atoms with van der Waals surface area (Å²) in [5.74, 6) is -0.328. The third-order valence-corrected chi connectivity index (χ3v) is 2.84. The third kappa shape index (κ3) is 3.89. The number of hydrogen-bond donors (Lipinski definition) is 2. The molecule has 0 aliphatic heterocycles. The van der Waals surface area contributed by atoms with E-state index in [2.05, 4.69) is 22.1 Å². The Hall–Kier alpha value is -0.870. The summed E-state index contributed by atoms with van der Waals surface area (Å²) in [6, 6.07) is 2.11. The SMILES string of the molecule is CC(CNCCc1ccsc1)C(N)=O. The van der Waals surface area contributed by atoms with Gasteiger partial charge in [0.25, 0.3) is 0 Å². The van der Waals surface area contributed by atoms with Crippen molar-refractivity contribution in [3.05, 3.63) is 22.4 Å². The molecule has 0 saturated heterocycles. The zero-order valence-corrected chi connectivity index (χ0v) is 9.14. The Bertz CT molecular complexity index is 272. The van der Waals surface area contributed by atoms with E-state index in [1.54, 1.807) is 11.3 Å². The second-order valence-corrected chi connectivity index (χ2v) is 4.17. The van der Waals surface area contributed by atoms with E-state index in [-0.39, 0.29) is 11.8 Å². The number of carbonyl (C=O) groups is 1. The van der Waals surface area contributed by atoms with Gasteiger partial charge in [-0.2, -0.15) is 11.3 Å². The molecule has 3 nitrogen and oxygen atoms in total. The summed E-state index contributed by atoms with van der Waals surface area (Å²) in [4.78, 5) is 10.7. The van der Waals surface area contributed by atoms with E-state index in [4.69, 9.17) is 5.73 Å². The lowest BCUT2D eigenvalue weighted by Gasteiger charge is -2.07. The van der Waals surface area contributed by atoms with E-state index in [0.717, 1.165) is 13.0 Å². The van der Waals surface area contributed by atoms with Crippen molar-refractivity contribution in [2.45, 2.75) is 13.3 Å². The van der Waals surface area contributed by atoms with Gasteiger partial charge in [0.05, 0.1) is 0 Å². The highest BCUT2D eigenvalue weighted by molar-refractivity contribution is 7.07. The van der Waals surface area contributed by atoms with Crippen LogP contribution < -0.4 is 11.1 Å². The Labute approximate surface area is 88.3 Å². The summed E-state index contributed by atoms with van der Waals surface area (Å²) in [6.07, 6.45) is 1.01. The van der Waals surface area contributed by atoms with Crippen molar-refractivity contribution in [3.8, 4) is 0 Å². The van der Waals surface area contributed by atoms with Gasteiger partial charge >= 0.3 is 0 Å². The van der Waals surface area contributed by atoms with Crippen molar-refractivity contribution in [2.24, 2.45) is 11.7 Å². The predicted octanol–water partition coefficient (Wildman–Crippen LogP) is 1.00. The maximum Gasteiger partial charge on any atom is 0.221 e. The molecule has 1 heterocycles. The van der Waals surface area contributed by atoms with E-state index >= 15 is 0 Å². The van der Waals surface area contributed by atoms with Crippen molar-refractivity contribution in [1.29, 1.82) is 0 Å². The second kappa shape index (κ2) is 5.78. The lowest BCUT2D eigenvalue weighted by molar-refractivity contribution is -0.121. The van der Waals surface area contributed by atoms with Crippen LogP contribution in [0.5, 0.6) is 0 Å². The number of rotatable bonds is 6. The number of thiophene rings is 1. The second-order valence-electron chi connectivity index (χ2n) is 3.39. The van der Waals surface area contributed by atoms with Crippen LogP contribution in [0.2, 0.25) is 0 Å². The summed E-state index contributed by atoms with van der Waals surface area (Å²) >= 11 is 1.71. The molecule has 0 spiro atoms. The minimum absolute atomic E-state index is 0.0857. The van der Waals surface area contributed by atoms with Crippen molar-refractivity contribution in [3.63, 3.8) is 0 Å². The van der Waals surface area contributed by atoms with Crippen molar-refractivity contribution < 1.29 is 4.79 Å². The van der Waals surface area contributed by atoms with E-state index < -0.39 is 0 Å². The number of primary amides is 1. The molecule has 0 fully saturated rings. The van der Waals surface area contributed by atoms with Crippen molar-refractivity contribution in [2.75, 3.05) is 13.1 Å². The largest absolute Gasteiger partial charge is 0.369 e. The smallest absolute Gasteiger partial charge is 0.221 e. The minimum Gasteiger partial charge on any atom is -0.369 e. The van der Waals surface area contributed by atoms with Gasteiger partial charge < -0.3 is 11.1 Å². The number of nitrogens with two attached hydrogens (primary N) is 1. The molecule has 4 heteroatoms. The fourth-order valence-corrected chi connectivity index (χ4v) is 1.79. The molecule has 0 aliphatic carbocycles. The van der Waals surface area contributed by atoms with Crippen LogP contribution in [0.15, 0.2) is 16.8 Å². The first-order valence-electron chi connectivity index (χ1n) is 4.71. The molecular formula is C10H16N2OS. The van der Waals surface area contributed by atoms with Crippen molar-refractivity contribution >= 4 is 17.2 Å². The fraction of sp³-hybridized carbons (Fsp3) is 0.500. The fourth-order valence-electron chi connectivity index (χ4n) is 1.09. The molecule has 1 unspecified atom stereocenters. The normalized spacial score (nSPS) is 12.6. The van der Waals surface area contributed by atoms with Gasteiger partial charge in [-0.15, -0.1) is 0 Å². The van der Waals surface area contributed by atoms with Crippen LogP contribution in [0.3, 0.4) is 0 Å². The Morgan fingerprint density at radius 2 is 2.50 bits per heavy atom. The molecule has 1 atom stereocenters. The van der Waals surface area contributed by atoms with Gasteiger partial charge in [-0.3, -0.25) is 4.79 Å². The molecule has 78 valence electrons. The molecule has 1 aromatic heterocycles. The van der Waals surface area contributed by atoms with Crippen molar-refractivity contribution in [1.82, 2.24) is 5.32 Å². The molecule has 0 aliphatic rings. The summed E-state index contributed by atoms with van der Waals surface area (Å²) in [7, 11) is 0. The standard InChI is InChI=1S/C10H16N2OS/c1-8(10(11)13)6-12-4-2-9-3-5-14-7-9/h3,5,7-8,12H,2,4,6H2,1H3,(H2,11,13). The Balaban J connectivity index is 2.08. The zero-order valence-electron chi connectivity index (χ0n) is 8.32. The van der Waals surface area contributed by atoms with E-state index in [1.807, 2.05) is 6.92 Å². The van der Waals surface area contributed by atoms with Gasteiger partial charge in [-0.1, -0.05) is 6.92 Å². The van der Waals surface area contributed by atoms with Crippen LogP contribution in [0.4, 0.5) is 0 Å². The molecule has 1 aromatic rings. The Morgan fingerprint density at radius 1 is 1.71 bits per heavy atom. The molecule has 0 aromatic carbocycles. The van der Waals surface area contributed by atoms with E-state index in [0.29, 0.717) is 6.54 Å². The van der Waals surface area contributed by atoms with Gasteiger partial charge in [0.1, 0.15) is 0 Å². The Morgan fingerprint density at radius 3 is 3.07 bits per heavy atom. The van der Waals surface area contributed by atoms with E-state index in [1.165, 1.54) is 5.56 Å². The van der Waals surface area contributed by atoms with Gasteiger partial charge in [0.2, 0.25) is 5.91 Å². The van der Waals surface area contributed by atoms with Crippen LogP contribution in [0.25, 0.3) is 0 Å². The number of carbonyl (C=O) groups excluding carboxylic acids is 1. The lowest BCUT2D eigenvalue weighted by atomic mass is 10.1. The molecular weight excluding hydrogens is 196 g/mol. The third-order valence-electron chi connectivity index (χ3n) is 2.11. The molecule has 0 radical (unpaired) electrons. The lowest BCUT2D eigenvalue weighted by Crippen LogP contribution is -2.31. The molecule has 1 amide bonds. The minimum atomic E-state index is -0.243. The highest BCUT2D eigenvalue weighted by Crippen LogP contribution is 2.05. The molecule has 0 saturated carbocycles. The summed E-state index contributed by atoms with van der Waals surface area (Å²) < 4.78 is 0. The van der Waals surface area contributed by atoms with Gasteiger partial charge in [0, 0.05) is 12.5 Å². The zero-order chi connectivity index (χ0) is 10.4. The first-order valence-corrected chi connectivity index (χ1v) is 5.65. The highest BCUT2D eigenvalue weighted by atomic mass is 32.1. The van der Waals surface area contributed by atoms with Crippen LogP contribution in [0, 0.1) is 5.92 Å². The molecule has 0 bridgehead atoms. The molecule has 14 heavy (non-hydrogen) atoms. The summed E-state index contributed by atoms with van der Waals surface area (Å²) in [6.45, 7) is 3.40. The summed E-state index contributed by atoms with van der Waals surface area (Å²) in [5.41, 5.74) is 6.48. The van der Waals surface area contributed by atoms with Gasteiger partial charge in [-0.05, 0) is 35.4 Å². The summed E-state index contributed by atoms with van der Waals surface area (Å²) in [5, 5.41) is 7.42. The molecule has 1 rings (SSSR count). The average Bonchev–Trinajstić information content (AvgIpc) is 2.64. The monoisotopic (exact) mass is 212 g/mol. The highest BCUT2D eigenvalue weighted by Gasteiger charge is 2.06. The Kier molecular flexibility index (Phi) is 4.62. The first-order chi connectivity index (χ1) is 6.70. The predicted molar refractivity (Wildman–Crippen MR) is 59.3 cm³/mol. The first kappa shape index (κ1) is 11.2. The van der Waals surface area contributed by atoms with Gasteiger partial charge in [0.15, 0.2) is 0 Å². The van der Waals surface area contributed by atoms with E-state index in [9.17, 15) is 4.79 Å². The van der Waals surface area contributed by atoms with Crippen LogP contribution >= 0.6 is 11.3 Å². The maximum atomic E-state index is 10.7. The number of nitrogens with one attached hydrogen (secondary N) is 1. The number of amides is 1. The van der Waals surface area contributed by atoms with Crippen LogP contribution in [-0.4, -0.2) is 19.0 Å². The maximum absolute atomic E-state index is 10.7. The molecule has 3 N–H and O–H groups in total. The van der Waals surface area contributed by atoms with Crippen LogP contribution in [0.1, 0.15) is 12.5 Å². The van der Waals surface area contributed by atoms with Gasteiger partial charge in [-0.25, -0.2) is 0 Å².